The molecule has 2 aromatic carbocycles. The average molecular weight is 579 g/mol. The number of anilines is 2. The summed E-state index contributed by atoms with van der Waals surface area (Å²) in [5, 5.41) is 6.47. The quantitative estimate of drug-likeness (QED) is 0.214. The van der Waals surface area contributed by atoms with E-state index in [1.807, 2.05) is 13.8 Å². The van der Waals surface area contributed by atoms with E-state index in [0.717, 1.165) is 38.5 Å². The first-order valence-corrected chi connectivity index (χ1v) is 15.1. The zero-order valence-corrected chi connectivity index (χ0v) is 24.6. The molecule has 0 spiro atoms. The largest absolute Gasteiger partial charge is 0.494 e. The van der Waals surface area contributed by atoms with Gasteiger partial charge in [0.2, 0.25) is 11.8 Å². The van der Waals surface area contributed by atoms with Crippen molar-refractivity contribution in [2.45, 2.75) is 77.3 Å². The third-order valence-electron chi connectivity index (χ3n) is 7.31. The molecule has 2 atom stereocenters. The van der Waals surface area contributed by atoms with Gasteiger partial charge in [-0.3, -0.25) is 19.2 Å². The summed E-state index contributed by atoms with van der Waals surface area (Å²) in [5.41, 5.74) is 1.12. The monoisotopic (exact) mass is 578 g/mol. The van der Waals surface area contributed by atoms with Gasteiger partial charge in [0.15, 0.2) is 0 Å². The molecule has 2 heterocycles. The molecule has 4 amide bonds. The van der Waals surface area contributed by atoms with Gasteiger partial charge in [0.25, 0.3) is 11.8 Å². The van der Waals surface area contributed by atoms with Crippen molar-refractivity contribution in [2.75, 3.05) is 36.1 Å². The Labute approximate surface area is 247 Å². The Bertz CT molecular complexity index is 1120. The van der Waals surface area contributed by atoms with Gasteiger partial charge in [0.1, 0.15) is 11.5 Å². The molecule has 0 aliphatic carbocycles. The fourth-order valence-electron chi connectivity index (χ4n) is 5.10. The van der Waals surface area contributed by atoms with Gasteiger partial charge < -0.3 is 20.1 Å². The lowest BCUT2D eigenvalue weighted by molar-refractivity contribution is -0.123. The van der Waals surface area contributed by atoms with Crippen LogP contribution in [0.2, 0.25) is 0 Å². The molecule has 0 radical (unpaired) electrons. The van der Waals surface area contributed by atoms with Crippen LogP contribution < -0.4 is 29.9 Å². The second-order valence-corrected chi connectivity index (χ2v) is 10.7. The van der Waals surface area contributed by atoms with Gasteiger partial charge in [-0.1, -0.05) is 26.7 Å². The minimum atomic E-state index is -0.510. The molecule has 2 unspecified atom stereocenters. The minimum Gasteiger partial charge on any atom is -0.494 e. The lowest BCUT2D eigenvalue weighted by atomic mass is 10.1. The molecule has 10 heteroatoms. The Hall–Kier alpha value is -3.76. The number of rotatable bonds is 17. The standard InChI is InChI=1S/C32H42N4O6/c1-3-19-41-25-13-9-23(10-14-25)35-29(37)21-27(31(35)39)33-17-7-5-6-8-18-34-28-22-30(38)36(32(28)40)24-11-15-26(16-12-24)42-20-4-2/h9-16,27-28,33-34H,3-8,17-22H2,1-2H3. The van der Waals surface area contributed by atoms with Crippen LogP contribution in [0.25, 0.3) is 0 Å². The first-order chi connectivity index (χ1) is 20.4. The number of hydrogen-bond donors (Lipinski definition) is 2. The van der Waals surface area contributed by atoms with Crippen LogP contribution >= 0.6 is 0 Å². The molecule has 4 rings (SSSR count). The Morgan fingerprint density at radius 3 is 1.36 bits per heavy atom. The van der Waals surface area contributed by atoms with Crippen LogP contribution in [-0.4, -0.2) is 62.0 Å². The molecule has 2 fully saturated rings. The maximum atomic E-state index is 12.9. The van der Waals surface area contributed by atoms with Crippen LogP contribution in [0.1, 0.15) is 65.2 Å². The molecule has 0 aromatic heterocycles. The van der Waals surface area contributed by atoms with Crippen molar-refractivity contribution in [1.82, 2.24) is 10.6 Å². The van der Waals surface area contributed by atoms with Gasteiger partial charge in [-0.15, -0.1) is 0 Å². The molecule has 2 aromatic rings. The number of carbonyl (C=O) groups excluding carboxylic acids is 4. The van der Waals surface area contributed by atoms with Crippen molar-refractivity contribution in [1.29, 1.82) is 0 Å². The van der Waals surface area contributed by atoms with Crippen molar-refractivity contribution >= 4 is 35.0 Å². The highest BCUT2D eigenvalue weighted by Crippen LogP contribution is 2.27. The van der Waals surface area contributed by atoms with Crippen LogP contribution in [-0.2, 0) is 19.2 Å². The van der Waals surface area contributed by atoms with Crippen LogP contribution in [0, 0.1) is 0 Å². The third kappa shape index (κ3) is 7.95. The van der Waals surface area contributed by atoms with Crippen LogP contribution in [0.4, 0.5) is 11.4 Å². The maximum absolute atomic E-state index is 12.9. The Morgan fingerprint density at radius 2 is 1.00 bits per heavy atom. The first kappa shape index (κ1) is 31.2. The van der Waals surface area contributed by atoms with E-state index in [1.54, 1.807) is 48.5 Å². The van der Waals surface area contributed by atoms with Gasteiger partial charge in [-0.2, -0.15) is 0 Å². The first-order valence-electron chi connectivity index (χ1n) is 15.1. The maximum Gasteiger partial charge on any atom is 0.251 e. The van der Waals surface area contributed by atoms with Crippen molar-refractivity contribution < 1.29 is 28.7 Å². The van der Waals surface area contributed by atoms with E-state index in [-0.39, 0.29) is 36.5 Å². The second kappa shape index (κ2) is 15.5. The predicted molar refractivity (Wildman–Crippen MR) is 161 cm³/mol. The molecule has 0 saturated carbocycles. The van der Waals surface area contributed by atoms with Crippen molar-refractivity contribution in [2.24, 2.45) is 0 Å². The van der Waals surface area contributed by atoms with Gasteiger partial charge in [0, 0.05) is 0 Å². The number of ether oxygens (including phenoxy) is 2. The number of imide groups is 2. The van der Waals surface area contributed by atoms with Gasteiger partial charge in [-0.25, -0.2) is 9.80 Å². The van der Waals surface area contributed by atoms with Crippen molar-refractivity contribution in [3.63, 3.8) is 0 Å². The number of carbonyl (C=O) groups is 4. The highest BCUT2D eigenvalue weighted by atomic mass is 16.5. The highest BCUT2D eigenvalue weighted by Gasteiger charge is 2.40. The third-order valence-corrected chi connectivity index (χ3v) is 7.31. The lowest BCUT2D eigenvalue weighted by Gasteiger charge is -2.16. The van der Waals surface area contributed by atoms with Crippen LogP contribution in [0.3, 0.4) is 0 Å². The topological polar surface area (TPSA) is 117 Å². The summed E-state index contributed by atoms with van der Waals surface area (Å²) in [6, 6.07) is 13.1. The summed E-state index contributed by atoms with van der Waals surface area (Å²) in [6.45, 7) is 6.58. The highest BCUT2D eigenvalue weighted by molar-refractivity contribution is 6.23. The van der Waals surface area contributed by atoms with E-state index in [1.165, 1.54) is 9.80 Å². The number of unbranched alkanes of at least 4 members (excludes halogenated alkanes) is 3. The van der Waals surface area contributed by atoms with Crippen LogP contribution in [0.15, 0.2) is 48.5 Å². The molecular formula is C32H42N4O6. The zero-order valence-electron chi connectivity index (χ0n) is 24.6. The molecule has 10 nitrogen and oxygen atoms in total. The second-order valence-electron chi connectivity index (χ2n) is 10.7. The van der Waals surface area contributed by atoms with E-state index >= 15 is 0 Å². The Kier molecular flexibility index (Phi) is 11.5. The smallest absolute Gasteiger partial charge is 0.251 e. The predicted octanol–water partition coefficient (Wildman–Crippen LogP) is 3.97. The molecule has 2 aliphatic heterocycles. The fourth-order valence-corrected chi connectivity index (χ4v) is 5.10. The zero-order chi connectivity index (χ0) is 29.9. The number of benzene rings is 2. The van der Waals surface area contributed by atoms with E-state index in [4.69, 9.17) is 9.47 Å². The molecule has 2 N–H and O–H groups in total. The SMILES string of the molecule is CCCOc1ccc(N2C(=O)CC(NCCCCCCNC3CC(=O)N(c4ccc(OCCC)cc4)C3=O)C2=O)cc1. The van der Waals surface area contributed by atoms with E-state index in [0.29, 0.717) is 49.2 Å². The summed E-state index contributed by atoms with van der Waals surface area (Å²) in [4.78, 5) is 53.3. The number of nitrogens with one attached hydrogen (secondary N) is 2. The average Bonchev–Trinajstić information content (AvgIpc) is 3.44. The molecule has 42 heavy (non-hydrogen) atoms. The summed E-state index contributed by atoms with van der Waals surface area (Å²) in [7, 11) is 0. The van der Waals surface area contributed by atoms with Crippen molar-refractivity contribution in [3.05, 3.63) is 48.5 Å². The van der Waals surface area contributed by atoms with Gasteiger partial charge in [-0.05, 0) is 87.3 Å². The van der Waals surface area contributed by atoms with E-state index in [2.05, 4.69) is 10.6 Å². The summed E-state index contributed by atoms with van der Waals surface area (Å²) >= 11 is 0. The Morgan fingerprint density at radius 1 is 0.619 bits per heavy atom. The lowest BCUT2D eigenvalue weighted by Crippen LogP contribution is -2.39. The molecule has 2 aliphatic rings. The number of hydrogen-bond acceptors (Lipinski definition) is 8. The molecular weight excluding hydrogens is 536 g/mol. The number of amides is 4. The van der Waals surface area contributed by atoms with E-state index in [9.17, 15) is 19.2 Å². The molecule has 0 bridgehead atoms. The van der Waals surface area contributed by atoms with Crippen molar-refractivity contribution in [3.8, 4) is 11.5 Å². The molecule has 226 valence electrons. The van der Waals surface area contributed by atoms with Crippen LogP contribution in [0.5, 0.6) is 11.5 Å². The van der Waals surface area contributed by atoms with Gasteiger partial charge in [0.05, 0.1) is 49.5 Å². The van der Waals surface area contributed by atoms with Gasteiger partial charge >= 0.3 is 0 Å². The normalized spacial score (nSPS) is 18.8. The summed E-state index contributed by atoms with van der Waals surface area (Å²) in [6.07, 6.45) is 5.75. The summed E-state index contributed by atoms with van der Waals surface area (Å²) in [5.74, 6) is 0.571. The fraction of sp³-hybridized carbons (Fsp3) is 0.500. The number of nitrogens with zero attached hydrogens (tertiary/aromatic N) is 2. The summed E-state index contributed by atoms with van der Waals surface area (Å²) < 4.78 is 11.2. The Balaban J connectivity index is 1.11. The molecule has 2 saturated heterocycles. The minimum absolute atomic E-state index is 0.152. The van der Waals surface area contributed by atoms with E-state index < -0.39 is 12.1 Å².